The summed E-state index contributed by atoms with van der Waals surface area (Å²) < 4.78 is 0. The van der Waals surface area contributed by atoms with Gasteiger partial charge in [0.05, 0.1) is 12.1 Å². The van der Waals surface area contributed by atoms with Gasteiger partial charge in [0, 0.05) is 16.1 Å². The fourth-order valence-corrected chi connectivity index (χ4v) is 4.04. The molecule has 1 saturated heterocycles. The molecule has 1 unspecified atom stereocenters. The summed E-state index contributed by atoms with van der Waals surface area (Å²) in [5, 5.41) is 1.33. The van der Waals surface area contributed by atoms with E-state index in [0.717, 1.165) is 21.0 Å². The first-order valence-electron chi connectivity index (χ1n) is 10.6. The summed E-state index contributed by atoms with van der Waals surface area (Å²) in [5.41, 5.74) is 5.19. The Morgan fingerprint density at radius 3 is 2.18 bits per heavy atom. The molecule has 4 amide bonds. The van der Waals surface area contributed by atoms with Crippen LogP contribution in [0.2, 0.25) is 5.02 Å². The van der Waals surface area contributed by atoms with Crippen LogP contribution in [0.15, 0.2) is 72.8 Å². The summed E-state index contributed by atoms with van der Waals surface area (Å²) in [6, 6.07) is 18.8. The molecule has 0 radical (unpaired) electrons. The van der Waals surface area contributed by atoms with Gasteiger partial charge in [-0.3, -0.25) is 24.6 Å². The Morgan fingerprint density at radius 1 is 0.912 bits per heavy atom. The summed E-state index contributed by atoms with van der Waals surface area (Å²) in [6.07, 6.45) is -0.281. The van der Waals surface area contributed by atoms with Crippen molar-refractivity contribution in [3.8, 4) is 0 Å². The molecule has 8 heteroatoms. The maximum Gasteiger partial charge on any atom is 0.273 e. The molecule has 0 bridgehead atoms. The minimum Gasteiger partial charge on any atom is -0.274 e. The van der Waals surface area contributed by atoms with Crippen LogP contribution in [0.25, 0.3) is 0 Å². The molecule has 172 valence electrons. The molecule has 4 rings (SSSR count). The van der Waals surface area contributed by atoms with Crippen molar-refractivity contribution in [3.05, 3.63) is 100 Å². The quantitative estimate of drug-likeness (QED) is 0.455. The Balaban J connectivity index is 1.70. The van der Waals surface area contributed by atoms with Crippen molar-refractivity contribution < 1.29 is 19.2 Å². The summed E-state index contributed by atoms with van der Waals surface area (Å²) in [4.78, 5) is 53.7. The lowest BCUT2D eigenvalue weighted by Gasteiger charge is -2.28. The highest BCUT2D eigenvalue weighted by molar-refractivity contribution is 6.31. The van der Waals surface area contributed by atoms with E-state index in [1.54, 1.807) is 54.6 Å². The summed E-state index contributed by atoms with van der Waals surface area (Å²) in [5.74, 6) is -2.28. The van der Waals surface area contributed by atoms with Gasteiger partial charge in [-0.15, -0.1) is 0 Å². The molecule has 1 atom stereocenters. The Morgan fingerprint density at radius 2 is 1.53 bits per heavy atom. The number of carbonyl (C=O) groups excluding carboxylic acids is 4. The van der Waals surface area contributed by atoms with Crippen LogP contribution in [0.3, 0.4) is 0 Å². The average Bonchev–Trinajstić information content (AvgIpc) is 3.10. The number of nitrogens with zero attached hydrogens (tertiary/aromatic N) is 2. The number of nitrogens with one attached hydrogen (secondary N) is 1. The van der Waals surface area contributed by atoms with Crippen molar-refractivity contribution in [2.75, 3.05) is 4.90 Å². The molecular formula is C26H22ClN3O4. The second-order valence-electron chi connectivity index (χ2n) is 8.12. The average molecular weight is 476 g/mol. The van der Waals surface area contributed by atoms with Crippen LogP contribution < -0.4 is 10.3 Å². The number of halogens is 1. The van der Waals surface area contributed by atoms with E-state index >= 15 is 0 Å². The topological polar surface area (TPSA) is 86.8 Å². The molecule has 0 spiro atoms. The zero-order chi connectivity index (χ0) is 24.4. The number of hydrogen-bond acceptors (Lipinski definition) is 4. The summed E-state index contributed by atoms with van der Waals surface area (Å²) in [7, 11) is 0. The fraction of sp³-hybridized carbons (Fsp3) is 0.154. The number of carbonyl (C=O) groups is 4. The predicted octanol–water partition coefficient (Wildman–Crippen LogP) is 4.08. The number of aryl methyl sites for hydroxylation is 2. The number of anilines is 1. The van der Waals surface area contributed by atoms with E-state index in [9.17, 15) is 19.2 Å². The van der Waals surface area contributed by atoms with Crippen molar-refractivity contribution in [2.24, 2.45) is 0 Å². The smallest absolute Gasteiger partial charge is 0.273 e. The standard InChI is InChI=1S/C26H22ClN3O4/c1-16-6-3-8-18(12-16)24(32)28-30(25(33)19-9-4-7-17(2)13-19)22-15-23(31)29(26(22)34)21-11-5-10-20(27)14-21/h3-14,22H,15H2,1-2H3,(H,28,32). The maximum absolute atomic E-state index is 13.5. The lowest BCUT2D eigenvalue weighted by Crippen LogP contribution is -2.54. The second kappa shape index (κ2) is 9.49. The van der Waals surface area contributed by atoms with Gasteiger partial charge in [-0.05, 0) is 56.3 Å². The van der Waals surface area contributed by atoms with Crippen LogP contribution in [0.5, 0.6) is 0 Å². The monoisotopic (exact) mass is 475 g/mol. The number of imide groups is 1. The number of hydrazine groups is 1. The van der Waals surface area contributed by atoms with Gasteiger partial charge in [-0.2, -0.15) is 0 Å². The molecule has 3 aromatic rings. The molecular weight excluding hydrogens is 454 g/mol. The lowest BCUT2D eigenvalue weighted by atomic mass is 10.1. The minimum absolute atomic E-state index is 0.281. The van der Waals surface area contributed by atoms with Gasteiger partial charge in [0.25, 0.3) is 17.7 Å². The van der Waals surface area contributed by atoms with Gasteiger partial charge in [-0.1, -0.05) is 53.1 Å². The Labute approximate surface area is 201 Å². The lowest BCUT2D eigenvalue weighted by molar-refractivity contribution is -0.122. The third kappa shape index (κ3) is 4.70. The number of amides is 4. The van der Waals surface area contributed by atoms with E-state index in [2.05, 4.69) is 5.43 Å². The number of benzene rings is 3. The third-order valence-electron chi connectivity index (χ3n) is 5.49. The summed E-state index contributed by atoms with van der Waals surface area (Å²) in [6.45, 7) is 3.67. The van der Waals surface area contributed by atoms with Gasteiger partial charge in [0.1, 0.15) is 6.04 Å². The molecule has 0 saturated carbocycles. The first-order valence-corrected chi connectivity index (χ1v) is 11.0. The minimum atomic E-state index is -1.21. The van der Waals surface area contributed by atoms with Gasteiger partial charge in [-0.25, -0.2) is 9.91 Å². The highest BCUT2D eigenvalue weighted by Crippen LogP contribution is 2.28. The first-order chi connectivity index (χ1) is 16.2. The van der Waals surface area contributed by atoms with Crippen LogP contribution in [-0.4, -0.2) is 34.7 Å². The fourth-order valence-electron chi connectivity index (χ4n) is 3.85. The molecule has 34 heavy (non-hydrogen) atoms. The van der Waals surface area contributed by atoms with Gasteiger partial charge in [0.15, 0.2) is 0 Å². The molecule has 1 heterocycles. The zero-order valence-corrected chi connectivity index (χ0v) is 19.4. The Kier molecular flexibility index (Phi) is 6.47. The zero-order valence-electron chi connectivity index (χ0n) is 18.6. The number of rotatable bonds is 4. The molecule has 7 nitrogen and oxygen atoms in total. The van der Waals surface area contributed by atoms with Gasteiger partial charge >= 0.3 is 0 Å². The Hall–Kier alpha value is -3.97. The largest absolute Gasteiger partial charge is 0.274 e. The van der Waals surface area contributed by atoms with Crippen molar-refractivity contribution in [1.82, 2.24) is 10.4 Å². The van der Waals surface area contributed by atoms with Crippen molar-refractivity contribution in [3.63, 3.8) is 0 Å². The second-order valence-corrected chi connectivity index (χ2v) is 8.56. The predicted molar refractivity (Wildman–Crippen MR) is 128 cm³/mol. The first kappa shape index (κ1) is 23.2. The maximum atomic E-state index is 13.5. The van der Waals surface area contributed by atoms with Gasteiger partial charge in [0.2, 0.25) is 5.91 Å². The van der Waals surface area contributed by atoms with E-state index in [1.807, 2.05) is 26.0 Å². The molecule has 1 aliphatic rings. The van der Waals surface area contributed by atoms with E-state index in [1.165, 1.54) is 6.07 Å². The summed E-state index contributed by atoms with van der Waals surface area (Å²) >= 11 is 6.04. The van der Waals surface area contributed by atoms with Crippen LogP contribution in [0.1, 0.15) is 38.3 Å². The van der Waals surface area contributed by atoms with Crippen LogP contribution in [0.4, 0.5) is 5.69 Å². The van der Waals surface area contributed by atoms with E-state index in [0.29, 0.717) is 16.3 Å². The molecule has 3 aromatic carbocycles. The normalized spacial score (nSPS) is 15.4. The molecule has 1 fully saturated rings. The number of hydrogen-bond donors (Lipinski definition) is 1. The van der Waals surface area contributed by atoms with Crippen molar-refractivity contribution in [2.45, 2.75) is 26.3 Å². The SMILES string of the molecule is Cc1cccc(C(=O)NN(C(=O)c2cccc(C)c2)C2CC(=O)N(c3cccc(Cl)c3)C2=O)c1. The molecule has 1 aliphatic heterocycles. The van der Waals surface area contributed by atoms with Crippen LogP contribution >= 0.6 is 11.6 Å². The molecule has 0 aromatic heterocycles. The molecule has 0 aliphatic carbocycles. The molecule has 1 N–H and O–H groups in total. The van der Waals surface area contributed by atoms with Crippen molar-refractivity contribution in [1.29, 1.82) is 0 Å². The highest BCUT2D eigenvalue weighted by Gasteiger charge is 2.45. The Bertz CT molecular complexity index is 1310. The highest BCUT2D eigenvalue weighted by atomic mass is 35.5. The van der Waals surface area contributed by atoms with Crippen LogP contribution in [-0.2, 0) is 9.59 Å². The van der Waals surface area contributed by atoms with Crippen molar-refractivity contribution >= 4 is 40.9 Å². The third-order valence-corrected chi connectivity index (χ3v) is 5.72. The van der Waals surface area contributed by atoms with E-state index in [-0.39, 0.29) is 12.0 Å². The van der Waals surface area contributed by atoms with E-state index in [4.69, 9.17) is 11.6 Å². The van der Waals surface area contributed by atoms with Crippen LogP contribution in [0, 0.1) is 13.8 Å². The van der Waals surface area contributed by atoms with Gasteiger partial charge < -0.3 is 0 Å². The van der Waals surface area contributed by atoms with E-state index < -0.39 is 29.7 Å².